The van der Waals surface area contributed by atoms with Crippen LogP contribution in [0.1, 0.15) is 42.9 Å². The Morgan fingerprint density at radius 2 is 1.77 bits per heavy atom. The van der Waals surface area contributed by atoms with Crippen LogP contribution in [0, 0.1) is 0 Å². The molecule has 0 spiro atoms. The Kier molecular flexibility index (Phi) is 5.12. The maximum atomic E-state index is 12.2. The number of Topliss-reactive ketones (excluding diaryl/α,β-unsaturated/α-hetero) is 1. The number of amides is 1. The predicted molar refractivity (Wildman–Crippen MR) is 84.8 cm³/mol. The third-order valence-electron chi connectivity index (χ3n) is 3.42. The lowest BCUT2D eigenvalue weighted by Crippen LogP contribution is -2.39. The summed E-state index contributed by atoms with van der Waals surface area (Å²) in [4.78, 5) is 23.4. The van der Waals surface area contributed by atoms with Crippen molar-refractivity contribution in [2.24, 2.45) is 0 Å². The van der Waals surface area contributed by atoms with Crippen LogP contribution in [0.3, 0.4) is 0 Å². The summed E-state index contributed by atoms with van der Waals surface area (Å²) in [5, 5.41) is 5.99. The van der Waals surface area contributed by atoms with Crippen LogP contribution in [0.15, 0.2) is 47.1 Å². The van der Waals surface area contributed by atoms with E-state index in [4.69, 9.17) is 4.42 Å². The van der Waals surface area contributed by atoms with Crippen LogP contribution >= 0.6 is 0 Å². The number of benzene rings is 1. The molecule has 2 atom stereocenters. The fourth-order valence-electron chi connectivity index (χ4n) is 2.11. The van der Waals surface area contributed by atoms with Crippen LogP contribution in [-0.4, -0.2) is 17.7 Å². The zero-order valence-electron chi connectivity index (χ0n) is 12.9. The summed E-state index contributed by atoms with van der Waals surface area (Å²) in [6, 6.07) is 10.1. The third-order valence-corrected chi connectivity index (χ3v) is 3.42. The Morgan fingerprint density at radius 1 is 1.09 bits per heavy atom. The van der Waals surface area contributed by atoms with Gasteiger partial charge in [-0.05, 0) is 57.2 Å². The first-order valence-electron chi connectivity index (χ1n) is 7.18. The second-order valence-electron chi connectivity index (χ2n) is 5.25. The molecular formula is C17H20N2O3. The molecule has 1 aromatic carbocycles. The monoisotopic (exact) mass is 300 g/mol. The standard InChI is InChI=1S/C17H20N2O3/c1-11(16-5-4-10-22-16)18-12(2)17(21)19-15-8-6-14(7-9-15)13(3)20/h4-12,18H,1-3H3,(H,19,21)/t11-,12+/m0/s1. The first-order valence-corrected chi connectivity index (χ1v) is 7.18. The molecule has 0 unspecified atom stereocenters. The van der Waals surface area contributed by atoms with Crippen molar-refractivity contribution in [3.63, 3.8) is 0 Å². The van der Waals surface area contributed by atoms with Crippen molar-refractivity contribution in [1.82, 2.24) is 5.32 Å². The highest BCUT2D eigenvalue weighted by atomic mass is 16.3. The molecule has 0 saturated carbocycles. The van der Waals surface area contributed by atoms with E-state index in [0.717, 1.165) is 5.76 Å². The van der Waals surface area contributed by atoms with E-state index in [1.165, 1.54) is 6.92 Å². The molecule has 22 heavy (non-hydrogen) atoms. The number of hydrogen-bond donors (Lipinski definition) is 2. The molecule has 2 aromatic rings. The molecule has 0 saturated heterocycles. The van der Waals surface area contributed by atoms with Crippen molar-refractivity contribution in [3.05, 3.63) is 54.0 Å². The van der Waals surface area contributed by atoms with Gasteiger partial charge in [0.05, 0.1) is 18.3 Å². The molecular weight excluding hydrogens is 280 g/mol. The molecule has 0 fully saturated rings. The summed E-state index contributed by atoms with van der Waals surface area (Å²) in [6.45, 7) is 5.23. The zero-order valence-corrected chi connectivity index (χ0v) is 12.9. The molecule has 1 aromatic heterocycles. The van der Waals surface area contributed by atoms with Gasteiger partial charge in [0.25, 0.3) is 0 Å². The topological polar surface area (TPSA) is 71.3 Å². The Hall–Kier alpha value is -2.40. The van der Waals surface area contributed by atoms with Crippen molar-refractivity contribution in [1.29, 1.82) is 0 Å². The Balaban J connectivity index is 1.92. The first kappa shape index (κ1) is 16.0. The average Bonchev–Trinajstić information content (AvgIpc) is 3.02. The molecule has 5 nitrogen and oxygen atoms in total. The highest BCUT2D eigenvalue weighted by Crippen LogP contribution is 2.14. The van der Waals surface area contributed by atoms with Crippen molar-refractivity contribution < 1.29 is 14.0 Å². The maximum Gasteiger partial charge on any atom is 0.241 e. The third kappa shape index (κ3) is 4.05. The van der Waals surface area contributed by atoms with Crippen LogP contribution in [0.25, 0.3) is 0 Å². The van der Waals surface area contributed by atoms with Crippen LogP contribution < -0.4 is 10.6 Å². The minimum atomic E-state index is -0.382. The van der Waals surface area contributed by atoms with Gasteiger partial charge in [-0.15, -0.1) is 0 Å². The molecule has 0 aliphatic heterocycles. The number of hydrogen-bond acceptors (Lipinski definition) is 4. The molecule has 1 amide bonds. The van der Waals surface area contributed by atoms with Crippen molar-refractivity contribution in [2.45, 2.75) is 32.9 Å². The van der Waals surface area contributed by atoms with Crippen molar-refractivity contribution >= 4 is 17.4 Å². The largest absolute Gasteiger partial charge is 0.468 e. The average molecular weight is 300 g/mol. The van der Waals surface area contributed by atoms with E-state index in [1.54, 1.807) is 37.5 Å². The number of carbonyl (C=O) groups excluding carboxylic acids is 2. The second kappa shape index (κ2) is 7.04. The highest BCUT2D eigenvalue weighted by Gasteiger charge is 2.17. The van der Waals surface area contributed by atoms with Crippen LogP contribution in [0.5, 0.6) is 0 Å². The van der Waals surface area contributed by atoms with Gasteiger partial charge in [0.2, 0.25) is 5.91 Å². The summed E-state index contributed by atoms with van der Waals surface area (Å²) in [5.41, 5.74) is 1.28. The quantitative estimate of drug-likeness (QED) is 0.804. The SMILES string of the molecule is CC(=O)c1ccc(NC(=O)[C@@H](C)N[C@@H](C)c2ccco2)cc1. The lowest BCUT2D eigenvalue weighted by Gasteiger charge is -2.18. The number of carbonyl (C=O) groups is 2. The number of ketones is 1. The van der Waals surface area contributed by atoms with E-state index in [0.29, 0.717) is 11.3 Å². The van der Waals surface area contributed by atoms with E-state index in [-0.39, 0.29) is 23.8 Å². The smallest absolute Gasteiger partial charge is 0.241 e. The fourth-order valence-corrected chi connectivity index (χ4v) is 2.11. The molecule has 0 radical (unpaired) electrons. The molecule has 116 valence electrons. The van der Waals surface area contributed by atoms with Crippen molar-refractivity contribution in [2.75, 3.05) is 5.32 Å². The van der Waals surface area contributed by atoms with Gasteiger partial charge in [-0.1, -0.05) is 0 Å². The van der Waals surface area contributed by atoms with Crippen molar-refractivity contribution in [3.8, 4) is 0 Å². The first-order chi connectivity index (χ1) is 10.5. The van der Waals surface area contributed by atoms with Crippen LogP contribution in [-0.2, 0) is 4.79 Å². The van der Waals surface area contributed by atoms with Crippen LogP contribution in [0.2, 0.25) is 0 Å². The number of furan rings is 1. The van der Waals surface area contributed by atoms with Gasteiger partial charge in [0, 0.05) is 11.3 Å². The van der Waals surface area contributed by atoms with Gasteiger partial charge < -0.3 is 9.73 Å². The minimum Gasteiger partial charge on any atom is -0.468 e. The Bertz CT molecular complexity index is 632. The van der Waals surface area contributed by atoms with E-state index in [9.17, 15) is 9.59 Å². The lowest BCUT2D eigenvalue weighted by molar-refractivity contribution is -0.118. The van der Waals surface area contributed by atoms with E-state index in [2.05, 4.69) is 10.6 Å². The normalized spacial score (nSPS) is 13.4. The van der Waals surface area contributed by atoms with Crippen LogP contribution in [0.4, 0.5) is 5.69 Å². The van der Waals surface area contributed by atoms with Gasteiger partial charge in [-0.3, -0.25) is 14.9 Å². The molecule has 2 rings (SSSR count). The molecule has 0 aliphatic carbocycles. The summed E-state index contributed by atoms with van der Waals surface area (Å²) < 4.78 is 5.30. The van der Waals surface area contributed by atoms with Gasteiger partial charge >= 0.3 is 0 Å². The van der Waals surface area contributed by atoms with E-state index in [1.807, 2.05) is 19.1 Å². The number of rotatable bonds is 6. The second-order valence-corrected chi connectivity index (χ2v) is 5.25. The highest BCUT2D eigenvalue weighted by molar-refractivity contribution is 5.96. The van der Waals surface area contributed by atoms with Gasteiger partial charge in [-0.25, -0.2) is 0 Å². The molecule has 0 bridgehead atoms. The minimum absolute atomic E-state index is 0.000170. The van der Waals surface area contributed by atoms with E-state index >= 15 is 0 Å². The summed E-state index contributed by atoms with van der Waals surface area (Å²) in [7, 11) is 0. The predicted octanol–water partition coefficient (Wildman–Crippen LogP) is 3.16. The van der Waals surface area contributed by atoms with Gasteiger partial charge in [0.1, 0.15) is 5.76 Å². The summed E-state index contributed by atoms with van der Waals surface area (Å²) in [6.07, 6.45) is 1.61. The van der Waals surface area contributed by atoms with E-state index < -0.39 is 0 Å². The fraction of sp³-hybridized carbons (Fsp3) is 0.294. The zero-order chi connectivity index (χ0) is 16.1. The number of nitrogens with one attached hydrogen (secondary N) is 2. The van der Waals surface area contributed by atoms with Gasteiger partial charge in [-0.2, -0.15) is 0 Å². The number of anilines is 1. The molecule has 0 aliphatic rings. The molecule has 2 N–H and O–H groups in total. The molecule has 5 heteroatoms. The van der Waals surface area contributed by atoms with Gasteiger partial charge in [0.15, 0.2) is 5.78 Å². The maximum absolute atomic E-state index is 12.2. The Morgan fingerprint density at radius 3 is 2.32 bits per heavy atom. The summed E-state index contributed by atoms with van der Waals surface area (Å²) >= 11 is 0. The Labute approximate surface area is 129 Å². The lowest BCUT2D eigenvalue weighted by atomic mass is 10.1. The molecule has 1 heterocycles. The summed E-state index contributed by atoms with van der Waals surface area (Å²) in [5.74, 6) is 0.639.